The Morgan fingerprint density at radius 3 is 1.12 bits per heavy atom. The minimum atomic E-state index is -3.12. The fourth-order valence-corrected chi connectivity index (χ4v) is 0. The normalized spacial score (nSPS) is 7.38. The summed E-state index contributed by atoms with van der Waals surface area (Å²) in [4.78, 5) is 0. The van der Waals surface area contributed by atoms with E-state index in [1.165, 1.54) is 11.4 Å². The summed E-state index contributed by atoms with van der Waals surface area (Å²) in [6, 6.07) is 0. The van der Waals surface area contributed by atoms with Gasteiger partial charge in [0.05, 0.1) is 0 Å². The van der Waals surface area contributed by atoms with E-state index in [0.717, 1.165) is 0 Å². The van der Waals surface area contributed by atoms with Gasteiger partial charge in [-0.15, -0.1) is 0 Å². The molecule has 56 valence electrons. The van der Waals surface area contributed by atoms with Crippen LogP contribution in [-0.2, 0) is 3.74 Å². The Labute approximate surface area is 50.3 Å². The Morgan fingerprint density at radius 1 is 1.12 bits per heavy atom. The van der Waals surface area contributed by atoms with E-state index >= 15 is 0 Å². The van der Waals surface area contributed by atoms with Crippen molar-refractivity contribution < 1.29 is 24.3 Å². The summed E-state index contributed by atoms with van der Waals surface area (Å²) in [6.07, 6.45) is 0. The van der Waals surface area contributed by atoms with Crippen LogP contribution in [0.2, 0.25) is 11.4 Å². The first-order chi connectivity index (χ1) is 2.00. The van der Waals surface area contributed by atoms with E-state index in [0.29, 0.717) is 0 Å². The quantitative estimate of drug-likeness (QED) is 0.430. The summed E-state index contributed by atoms with van der Waals surface area (Å²) in [5.74, 6) is 0. The summed E-state index contributed by atoms with van der Waals surface area (Å²) in [5.41, 5.74) is 2.72. The molecule has 6 heteroatoms. The molecule has 0 saturated carbocycles. The van der Waals surface area contributed by atoms with Crippen LogP contribution >= 0.6 is 0 Å². The molecule has 8 heavy (non-hydrogen) atoms. The van der Waals surface area contributed by atoms with Crippen LogP contribution in [0.3, 0.4) is 0 Å². The Hall–Kier alpha value is 0.198. The first-order valence-corrected chi connectivity index (χ1v) is 6.64. The van der Waals surface area contributed by atoms with Crippen LogP contribution in [0, 0.1) is 0 Å². The molecule has 0 unspecified atom stereocenters. The SMILES string of the molecule is C[As](C)(=O)O.O.O.O. The van der Waals surface area contributed by atoms with Gasteiger partial charge in [0.25, 0.3) is 0 Å². The Bertz CT molecular complexity index is 56.6. The summed E-state index contributed by atoms with van der Waals surface area (Å²) >= 11 is -3.12. The van der Waals surface area contributed by atoms with Crippen molar-refractivity contribution in [3.05, 3.63) is 0 Å². The van der Waals surface area contributed by atoms with E-state index in [9.17, 15) is 3.74 Å². The number of hydrogen-bond acceptors (Lipinski definition) is 1. The molecule has 5 nitrogen and oxygen atoms in total. The maximum absolute atomic E-state index is 9.83. The van der Waals surface area contributed by atoms with Crippen molar-refractivity contribution in [3.63, 3.8) is 0 Å². The first-order valence-electron chi connectivity index (χ1n) is 1.28. The summed E-state index contributed by atoms with van der Waals surface area (Å²) < 4.78 is 18.0. The Morgan fingerprint density at radius 2 is 1.12 bits per heavy atom. The van der Waals surface area contributed by atoms with Crippen molar-refractivity contribution in [1.82, 2.24) is 0 Å². The third-order valence-corrected chi connectivity index (χ3v) is 0. The van der Waals surface area contributed by atoms with Crippen molar-refractivity contribution in [2.24, 2.45) is 0 Å². The van der Waals surface area contributed by atoms with Crippen molar-refractivity contribution in [3.8, 4) is 0 Å². The third kappa shape index (κ3) is 4250. The number of hydrogen-bond donors (Lipinski definition) is 1. The molecule has 0 aliphatic carbocycles. The van der Waals surface area contributed by atoms with Gasteiger partial charge < -0.3 is 16.4 Å². The molecule has 0 atom stereocenters. The minimum Gasteiger partial charge on any atom is -0.412 e. The second-order valence-electron chi connectivity index (χ2n) is 1.29. The van der Waals surface area contributed by atoms with Gasteiger partial charge >= 0.3 is 33.1 Å². The van der Waals surface area contributed by atoms with Crippen LogP contribution in [0.15, 0.2) is 0 Å². The van der Waals surface area contributed by atoms with Crippen LogP contribution in [0.5, 0.6) is 0 Å². The van der Waals surface area contributed by atoms with Gasteiger partial charge in [-0.25, -0.2) is 0 Å². The molecule has 0 rings (SSSR count). The molecular formula is C2H13AsO5. The maximum Gasteiger partial charge on any atom is -0.412 e. The van der Waals surface area contributed by atoms with Crippen molar-refractivity contribution in [2.75, 3.05) is 0 Å². The predicted molar refractivity (Wildman–Crippen MR) is 31.2 cm³/mol. The standard InChI is InChI=1S/C2H7AsO2.3H2O/c1-3(2,4)5;;;/h1-2H3,(H,4,5);3*1H2. The molecule has 7 N–H and O–H groups in total. The molecule has 0 heterocycles. The van der Waals surface area contributed by atoms with Crippen molar-refractivity contribution >= 4 is 13.8 Å². The van der Waals surface area contributed by atoms with Gasteiger partial charge in [0, 0.05) is 0 Å². The molecule has 0 amide bonds. The summed E-state index contributed by atoms with van der Waals surface area (Å²) in [6.45, 7) is 0. The van der Waals surface area contributed by atoms with E-state index in [1.54, 1.807) is 0 Å². The fourth-order valence-electron chi connectivity index (χ4n) is 0. The van der Waals surface area contributed by atoms with Gasteiger partial charge in [-0.05, 0) is 0 Å². The van der Waals surface area contributed by atoms with E-state index in [1.807, 2.05) is 0 Å². The fraction of sp³-hybridized carbons (Fsp3) is 1.00. The molecule has 0 saturated heterocycles. The van der Waals surface area contributed by atoms with Gasteiger partial charge in [-0.3, -0.25) is 0 Å². The Kier molecular flexibility index (Phi) is 21.7. The van der Waals surface area contributed by atoms with E-state index in [-0.39, 0.29) is 16.4 Å². The monoisotopic (exact) mass is 192 g/mol. The van der Waals surface area contributed by atoms with E-state index in [4.69, 9.17) is 4.10 Å². The molecule has 0 aromatic rings. The van der Waals surface area contributed by atoms with E-state index < -0.39 is 13.8 Å². The minimum absolute atomic E-state index is 0. The van der Waals surface area contributed by atoms with Crippen LogP contribution in [0.1, 0.15) is 0 Å². The van der Waals surface area contributed by atoms with Gasteiger partial charge in [0.15, 0.2) is 0 Å². The van der Waals surface area contributed by atoms with Gasteiger partial charge in [-0.1, -0.05) is 0 Å². The summed E-state index contributed by atoms with van der Waals surface area (Å²) in [5, 5.41) is 0. The molecule has 0 aliphatic heterocycles. The predicted octanol–water partition coefficient (Wildman–Crippen LogP) is -2.36. The molecule has 0 radical (unpaired) electrons. The third-order valence-electron chi connectivity index (χ3n) is 0. The summed E-state index contributed by atoms with van der Waals surface area (Å²) in [7, 11) is 0. The van der Waals surface area contributed by atoms with Crippen molar-refractivity contribution in [1.29, 1.82) is 0 Å². The van der Waals surface area contributed by atoms with Crippen LogP contribution in [0.4, 0.5) is 0 Å². The number of rotatable bonds is 0. The van der Waals surface area contributed by atoms with Gasteiger partial charge in [0.2, 0.25) is 0 Å². The zero-order chi connectivity index (χ0) is 4.50. The van der Waals surface area contributed by atoms with E-state index in [2.05, 4.69) is 0 Å². The average Bonchev–Trinajstić information content (AvgIpc) is 0.722. The largest absolute Gasteiger partial charge is 0.412 e. The van der Waals surface area contributed by atoms with Gasteiger partial charge in [-0.2, -0.15) is 0 Å². The van der Waals surface area contributed by atoms with Crippen LogP contribution in [-0.4, -0.2) is 34.4 Å². The molecule has 0 aromatic carbocycles. The zero-order valence-corrected chi connectivity index (χ0v) is 6.68. The molecule has 0 spiro atoms. The first kappa shape index (κ1) is 24.1. The molecular weight excluding hydrogens is 179 g/mol. The second kappa shape index (κ2) is 7.20. The van der Waals surface area contributed by atoms with Crippen molar-refractivity contribution in [2.45, 2.75) is 11.4 Å². The maximum atomic E-state index is 9.83. The molecule has 0 aliphatic rings. The zero-order valence-electron chi connectivity index (χ0n) is 4.80. The van der Waals surface area contributed by atoms with Gasteiger partial charge in [0.1, 0.15) is 0 Å². The molecule has 0 aromatic heterocycles. The molecule has 0 bridgehead atoms. The molecule has 0 fully saturated rings. The average molecular weight is 192 g/mol. The Balaban J connectivity index is -0.0000000267. The topological polar surface area (TPSA) is 132 Å². The van der Waals surface area contributed by atoms with Crippen LogP contribution < -0.4 is 0 Å². The van der Waals surface area contributed by atoms with Crippen LogP contribution in [0.25, 0.3) is 0 Å². The smallest absolute Gasteiger partial charge is 0.412 e. The second-order valence-corrected chi connectivity index (χ2v) is 6.72.